The van der Waals surface area contributed by atoms with Gasteiger partial charge in [0.2, 0.25) is 0 Å². The first-order valence-electron chi connectivity index (χ1n) is 7.76. The Morgan fingerprint density at radius 1 is 1.00 bits per heavy atom. The van der Waals surface area contributed by atoms with Crippen LogP contribution in [0.15, 0.2) is 77.8 Å². The van der Waals surface area contributed by atoms with Crippen LogP contribution in [-0.2, 0) is 14.9 Å². The molecule has 0 saturated heterocycles. The third-order valence-electron chi connectivity index (χ3n) is 4.41. The molecule has 1 atom stereocenters. The molecular formula is C21H20O2. The van der Waals surface area contributed by atoms with Gasteiger partial charge in [-0.1, -0.05) is 60.7 Å². The van der Waals surface area contributed by atoms with Crippen LogP contribution in [0.3, 0.4) is 0 Å². The molecular weight excluding hydrogens is 284 g/mol. The van der Waals surface area contributed by atoms with Crippen LogP contribution in [0.5, 0.6) is 0 Å². The summed E-state index contributed by atoms with van der Waals surface area (Å²) >= 11 is 0. The van der Waals surface area contributed by atoms with Crippen molar-refractivity contribution in [2.45, 2.75) is 26.2 Å². The van der Waals surface area contributed by atoms with E-state index in [0.717, 1.165) is 22.5 Å². The number of Topliss-reactive ketones (excluding diaryl/α,β-unsaturated/α-hetero) is 1. The number of ether oxygens (including phenoxy) is 1. The molecule has 23 heavy (non-hydrogen) atoms. The molecule has 2 nitrogen and oxygen atoms in total. The average molecular weight is 304 g/mol. The molecule has 2 aromatic carbocycles. The van der Waals surface area contributed by atoms with E-state index in [2.05, 4.69) is 6.92 Å². The molecule has 1 aliphatic rings. The quantitative estimate of drug-likeness (QED) is 0.808. The molecule has 2 heteroatoms. The zero-order valence-electron chi connectivity index (χ0n) is 13.7. The van der Waals surface area contributed by atoms with E-state index in [4.69, 9.17) is 4.74 Å². The van der Waals surface area contributed by atoms with Gasteiger partial charge in [0.25, 0.3) is 0 Å². The van der Waals surface area contributed by atoms with E-state index in [1.807, 2.05) is 73.7 Å². The van der Waals surface area contributed by atoms with Gasteiger partial charge in [-0.2, -0.15) is 0 Å². The number of carbonyl (C=O) groups is 1. The van der Waals surface area contributed by atoms with Crippen LogP contribution in [0.1, 0.15) is 31.9 Å². The molecule has 1 heterocycles. The van der Waals surface area contributed by atoms with Crippen LogP contribution in [0.2, 0.25) is 0 Å². The Kier molecular flexibility index (Phi) is 3.91. The van der Waals surface area contributed by atoms with Crippen molar-refractivity contribution in [3.05, 3.63) is 88.9 Å². The van der Waals surface area contributed by atoms with E-state index >= 15 is 0 Å². The molecule has 0 radical (unpaired) electrons. The van der Waals surface area contributed by atoms with Gasteiger partial charge < -0.3 is 4.74 Å². The lowest BCUT2D eigenvalue weighted by Gasteiger charge is -2.27. The molecule has 0 fully saturated rings. The third kappa shape index (κ3) is 2.61. The van der Waals surface area contributed by atoms with E-state index in [0.29, 0.717) is 5.76 Å². The monoisotopic (exact) mass is 304 g/mol. The zero-order chi connectivity index (χ0) is 16.4. The van der Waals surface area contributed by atoms with Gasteiger partial charge in [-0.25, -0.2) is 0 Å². The second kappa shape index (κ2) is 5.88. The molecule has 0 spiro atoms. The Bertz CT molecular complexity index is 785. The molecule has 0 amide bonds. The van der Waals surface area contributed by atoms with Crippen molar-refractivity contribution in [2.24, 2.45) is 0 Å². The number of rotatable bonds is 3. The zero-order valence-corrected chi connectivity index (χ0v) is 13.7. The standard InChI is InChI=1S/C21H20O2/c1-15(22)20-16(2)23-19(14-17-10-6-4-7-11-17)21(20,3)18-12-8-5-9-13-18/h4-14H,1-3H3/b19-14-. The van der Waals surface area contributed by atoms with Crippen molar-refractivity contribution in [3.8, 4) is 0 Å². The molecule has 0 aromatic heterocycles. The van der Waals surface area contributed by atoms with Crippen molar-refractivity contribution >= 4 is 11.9 Å². The summed E-state index contributed by atoms with van der Waals surface area (Å²) in [6, 6.07) is 20.1. The Labute approximate surface area is 137 Å². The lowest BCUT2D eigenvalue weighted by molar-refractivity contribution is -0.114. The van der Waals surface area contributed by atoms with Gasteiger partial charge in [-0.3, -0.25) is 4.79 Å². The maximum atomic E-state index is 12.3. The smallest absolute Gasteiger partial charge is 0.160 e. The number of allylic oxidation sites excluding steroid dienone is 2. The van der Waals surface area contributed by atoms with Crippen molar-refractivity contribution in [2.75, 3.05) is 0 Å². The van der Waals surface area contributed by atoms with Crippen LogP contribution in [0, 0.1) is 0 Å². The van der Waals surface area contributed by atoms with E-state index in [1.54, 1.807) is 6.92 Å². The topological polar surface area (TPSA) is 26.3 Å². The minimum absolute atomic E-state index is 0.0466. The molecule has 116 valence electrons. The van der Waals surface area contributed by atoms with E-state index in [9.17, 15) is 4.79 Å². The summed E-state index contributed by atoms with van der Waals surface area (Å²) in [6.45, 7) is 5.53. The maximum absolute atomic E-state index is 12.3. The van der Waals surface area contributed by atoms with Gasteiger partial charge >= 0.3 is 0 Å². The summed E-state index contributed by atoms with van der Waals surface area (Å²) in [4.78, 5) is 12.3. The third-order valence-corrected chi connectivity index (χ3v) is 4.41. The van der Waals surface area contributed by atoms with Crippen LogP contribution in [0.25, 0.3) is 6.08 Å². The molecule has 3 rings (SSSR count). The molecule has 2 aromatic rings. The second-order valence-corrected chi connectivity index (χ2v) is 6.00. The Morgan fingerprint density at radius 2 is 1.57 bits per heavy atom. The van der Waals surface area contributed by atoms with Gasteiger partial charge in [0.05, 0.1) is 11.0 Å². The largest absolute Gasteiger partial charge is 0.465 e. The first kappa shape index (κ1) is 15.3. The fourth-order valence-corrected chi connectivity index (χ4v) is 3.33. The molecule has 0 aliphatic carbocycles. The van der Waals surface area contributed by atoms with Gasteiger partial charge in [0.1, 0.15) is 11.5 Å². The molecule has 0 N–H and O–H groups in total. The number of hydrogen-bond acceptors (Lipinski definition) is 2. The fraction of sp³-hybridized carbons (Fsp3) is 0.190. The summed E-state index contributed by atoms with van der Waals surface area (Å²) < 4.78 is 6.03. The van der Waals surface area contributed by atoms with Crippen LogP contribution in [-0.4, -0.2) is 5.78 Å². The first-order chi connectivity index (χ1) is 11.0. The molecule has 0 saturated carbocycles. The average Bonchev–Trinajstić information content (AvgIpc) is 2.81. The molecule has 0 bridgehead atoms. The summed E-state index contributed by atoms with van der Waals surface area (Å²) in [6.07, 6.45) is 2.02. The number of benzene rings is 2. The number of ketones is 1. The molecule has 1 aliphatic heterocycles. The minimum Gasteiger partial charge on any atom is -0.465 e. The highest BCUT2D eigenvalue weighted by molar-refractivity contribution is 5.98. The SMILES string of the molecule is CC(=O)C1=C(C)O/C(=C\c2ccccc2)C1(C)c1ccccc1. The molecule has 1 unspecified atom stereocenters. The highest BCUT2D eigenvalue weighted by Crippen LogP contribution is 2.48. The lowest BCUT2D eigenvalue weighted by Crippen LogP contribution is -2.27. The lowest BCUT2D eigenvalue weighted by atomic mass is 9.73. The van der Waals surface area contributed by atoms with E-state index < -0.39 is 5.41 Å². The Hall–Kier alpha value is -2.61. The summed E-state index contributed by atoms with van der Waals surface area (Å²) in [5.41, 5.74) is 2.28. The fourth-order valence-electron chi connectivity index (χ4n) is 3.33. The van der Waals surface area contributed by atoms with Crippen LogP contribution in [0.4, 0.5) is 0 Å². The Balaban J connectivity index is 2.19. The van der Waals surface area contributed by atoms with Gasteiger partial charge in [0.15, 0.2) is 5.78 Å². The van der Waals surface area contributed by atoms with Crippen LogP contribution < -0.4 is 0 Å². The highest BCUT2D eigenvalue weighted by Gasteiger charge is 2.45. The first-order valence-corrected chi connectivity index (χ1v) is 7.76. The summed E-state index contributed by atoms with van der Waals surface area (Å²) in [5.74, 6) is 1.52. The van der Waals surface area contributed by atoms with E-state index in [1.165, 1.54) is 0 Å². The van der Waals surface area contributed by atoms with Crippen molar-refractivity contribution in [3.63, 3.8) is 0 Å². The minimum atomic E-state index is -0.562. The predicted octanol–water partition coefficient (Wildman–Crippen LogP) is 4.88. The van der Waals surface area contributed by atoms with Gasteiger partial charge in [0, 0.05) is 0 Å². The predicted molar refractivity (Wildman–Crippen MR) is 92.7 cm³/mol. The van der Waals surface area contributed by atoms with Crippen LogP contribution >= 0.6 is 0 Å². The van der Waals surface area contributed by atoms with Gasteiger partial charge in [-0.15, -0.1) is 0 Å². The number of carbonyl (C=O) groups excluding carboxylic acids is 1. The highest BCUT2D eigenvalue weighted by atomic mass is 16.5. The van der Waals surface area contributed by atoms with Crippen molar-refractivity contribution in [1.29, 1.82) is 0 Å². The normalized spacial score (nSPS) is 22.3. The van der Waals surface area contributed by atoms with E-state index in [-0.39, 0.29) is 5.78 Å². The van der Waals surface area contributed by atoms with Crippen molar-refractivity contribution in [1.82, 2.24) is 0 Å². The number of hydrogen-bond donors (Lipinski definition) is 0. The van der Waals surface area contributed by atoms with Crippen molar-refractivity contribution < 1.29 is 9.53 Å². The maximum Gasteiger partial charge on any atom is 0.160 e. The Morgan fingerprint density at radius 3 is 2.13 bits per heavy atom. The van der Waals surface area contributed by atoms with Gasteiger partial charge in [-0.05, 0) is 38.0 Å². The second-order valence-electron chi connectivity index (χ2n) is 6.00. The summed E-state index contributed by atoms with van der Waals surface area (Å²) in [7, 11) is 0. The summed E-state index contributed by atoms with van der Waals surface area (Å²) in [5, 5.41) is 0.